The van der Waals surface area contributed by atoms with Gasteiger partial charge in [0.15, 0.2) is 6.29 Å². The molecule has 1 aromatic carbocycles. The number of pyridine rings is 1. The van der Waals surface area contributed by atoms with Crippen LogP contribution in [0.15, 0.2) is 59.9 Å². The van der Waals surface area contributed by atoms with E-state index in [2.05, 4.69) is 4.98 Å². The average molecular weight is 338 g/mol. The third-order valence-corrected chi connectivity index (χ3v) is 5.99. The number of benzene rings is 1. The Labute approximate surface area is 139 Å². The lowest BCUT2D eigenvalue weighted by Crippen LogP contribution is -2.16. The summed E-state index contributed by atoms with van der Waals surface area (Å²) in [5.41, 5.74) is 3.74. The Bertz CT molecular complexity index is 1040. The molecule has 0 unspecified atom stereocenters. The number of aromatic nitrogens is 2. The maximum atomic E-state index is 13.1. The van der Waals surface area contributed by atoms with Crippen molar-refractivity contribution in [1.82, 2.24) is 8.96 Å². The average Bonchev–Trinajstić information content (AvgIpc) is 3.02. The van der Waals surface area contributed by atoms with E-state index in [1.807, 2.05) is 24.3 Å². The first kappa shape index (κ1) is 14.8. The Kier molecular flexibility index (Phi) is 3.35. The van der Waals surface area contributed by atoms with Crippen LogP contribution in [0.5, 0.6) is 0 Å². The molecule has 0 spiro atoms. The van der Waals surface area contributed by atoms with E-state index in [0.717, 1.165) is 29.4 Å². The molecule has 4 rings (SSSR count). The van der Waals surface area contributed by atoms with E-state index in [1.54, 1.807) is 6.07 Å². The predicted molar refractivity (Wildman–Crippen MR) is 89.5 cm³/mol. The quantitative estimate of drug-likeness (QED) is 0.689. The van der Waals surface area contributed by atoms with Crippen molar-refractivity contribution < 1.29 is 13.2 Å². The molecule has 0 N–H and O–H groups in total. The molecule has 0 atom stereocenters. The van der Waals surface area contributed by atoms with Crippen LogP contribution in [0.25, 0.3) is 11.3 Å². The second-order valence-electron chi connectivity index (χ2n) is 5.68. The molecule has 0 amide bonds. The van der Waals surface area contributed by atoms with Gasteiger partial charge >= 0.3 is 0 Å². The number of carbonyl (C=O) groups excluding carboxylic acids is 1. The van der Waals surface area contributed by atoms with Crippen LogP contribution in [0, 0.1) is 0 Å². The predicted octanol–water partition coefficient (Wildman–Crippen LogP) is 2.70. The maximum absolute atomic E-state index is 13.1. The summed E-state index contributed by atoms with van der Waals surface area (Å²) in [6.07, 6.45) is 6.43. The van der Waals surface area contributed by atoms with Crippen molar-refractivity contribution in [3.05, 3.63) is 71.7 Å². The highest BCUT2D eigenvalue weighted by molar-refractivity contribution is 7.90. The van der Waals surface area contributed by atoms with Gasteiger partial charge in [-0.1, -0.05) is 24.3 Å². The van der Waals surface area contributed by atoms with Crippen LogP contribution in [0.3, 0.4) is 0 Å². The highest BCUT2D eigenvalue weighted by atomic mass is 32.2. The Hall–Kier alpha value is -2.73. The van der Waals surface area contributed by atoms with Crippen molar-refractivity contribution in [3.63, 3.8) is 0 Å². The summed E-state index contributed by atoms with van der Waals surface area (Å²) >= 11 is 0. The Morgan fingerprint density at radius 3 is 2.67 bits per heavy atom. The second kappa shape index (κ2) is 5.42. The molecule has 5 nitrogen and oxygen atoms in total. The third kappa shape index (κ3) is 2.11. The number of hydrogen-bond acceptors (Lipinski definition) is 4. The zero-order valence-electron chi connectivity index (χ0n) is 12.7. The topological polar surface area (TPSA) is 69.0 Å². The molecule has 24 heavy (non-hydrogen) atoms. The number of fused-ring (bicyclic) bond motifs is 3. The molecule has 0 aliphatic heterocycles. The minimum atomic E-state index is -3.82. The minimum Gasteiger partial charge on any atom is -0.298 e. The molecule has 1 aliphatic carbocycles. The monoisotopic (exact) mass is 338 g/mol. The molecule has 0 bridgehead atoms. The van der Waals surface area contributed by atoms with Gasteiger partial charge < -0.3 is 0 Å². The van der Waals surface area contributed by atoms with E-state index >= 15 is 0 Å². The molecule has 6 heteroatoms. The van der Waals surface area contributed by atoms with Crippen LogP contribution in [0.4, 0.5) is 0 Å². The first-order chi connectivity index (χ1) is 11.6. The molecular formula is C18H14N2O3S. The minimum absolute atomic E-state index is 0.100. The van der Waals surface area contributed by atoms with Gasteiger partial charge in [0.1, 0.15) is 4.90 Å². The molecule has 3 aromatic rings. The molecule has 0 fully saturated rings. The highest BCUT2D eigenvalue weighted by Crippen LogP contribution is 2.37. The van der Waals surface area contributed by atoms with E-state index < -0.39 is 10.0 Å². The number of hydrogen-bond donors (Lipinski definition) is 0. The van der Waals surface area contributed by atoms with Crippen LogP contribution < -0.4 is 0 Å². The van der Waals surface area contributed by atoms with Gasteiger partial charge in [-0.05, 0) is 36.1 Å². The van der Waals surface area contributed by atoms with Crippen molar-refractivity contribution in [2.24, 2.45) is 0 Å². The van der Waals surface area contributed by atoms with Gasteiger partial charge in [0.2, 0.25) is 0 Å². The van der Waals surface area contributed by atoms with Crippen molar-refractivity contribution in [1.29, 1.82) is 0 Å². The highest BCUT2D eigenvalue weighted by Gasteiger charge is 2.29. The van der Waals surface area contributed by atoms with Gasteiger partial charge in [0.25, 0.3) is 10.0 Å². The molecule has 0 saturated carbocycles. The van der Waals surface area contributed by atoms with Gasteiger partial charge in [0, 0.05) is 29.7 Å². The van der Waals surface area contributed by atoms with Crippen LogP contribution in [-0.2, 0) is 22.9 Å². The van der Waals surface area contributed by atoms with E-state index in [4.69, 9.17) is 0 Å². The van der Waals surface area contributed by atoms with E-state index in [9.17, 15) is 13.2 Å². The van der Waals surface area contributed by atoms with Crippen molar-refractivity contribution in [3.8, 4) is 11.3 Å². The molecule has 1 aliphatic rings. The van der Waals surface area contributed by atoms with E-state index in [0.29, 0.717) is 17.7 Å². The fourth-order valence-electron chi connectivity index (χ4n) is 3.22. The van der Waals surface area contributed by atoms with Crippen LogP contribution >= 0.6 is 0 Å². The second-order valence-corrected chi connectivity index (χ2v) is 7.49. The summed E-state index contributed by atoms with van der Waals surface area (Å²) in [6.45, 7) is 0. The van der Waals surface area contributed by atoms with Gasteiger partial charge in [0.05, 0.1) is 5.69 Å². The third-order valence-electron chi connectivity index (χ3n) is 4.35. The first-order valence-electron chi connectivity index (χ1n) is 7.56. The lowest BCUT2D eigenvalue weighted by atomic mass is 9.89. The number of aldehydes is 1. The fraction of sp³-hybridized carbons (Fsp3) is 0.111. The summed E-state index contributed by atoms with van der Waals surface area (Å²) in [6, 6.07) is 10.8. The summed E-state index contributed by atoms with van der Waals surface area (Å²) in [7, 11) is -3.82. The zero-order chi connectivity index (χ0) is 16.7. The SMILES string of the molecule is O=Cc1cn(S(=O)(=O)c2cccnc2)c2c1CCc1ccccc1-2. The van der Waals surface area contributed by atoms with Crippen LogP contribution in [-0.4, -0.2) is 23.7 Å². The maximum Gasteiger partial charge on any atom is 0.269 e. The Morgan fingerprint density at radius 2 is 1.92 bits per heavy atom. The molecule has 2 heterocycles. The summed E-state index contributed by atoms with van der Waals surface area (Å²) in [5.74, 6) is 0. The number of carbonyl (C=O) groups is 1. The molecule has 2 aromatic heterocycles. The standard InChI is InChI=1S/C18H14N2O3S/c21-12-14-11-20(24(22,23)15-5-3-9-19-10-15)18-16-6-2-1-4-13(16)7-8-17(14)18/h1-6,9-12H,7-8H2. The van der Waals surface area contributed by atoms with E-state index in [-0.39, 0.29) is 4.90 Å². The largest absolute Gasteiger partial charge is 0.298 e. The Morgan fingerprint density at radius 1 is 1.08 bits per heavy atom. The van der Waals surface area contributed by atoms with Crippen molar-refractivity contribution in [2.75, 3.05) is 0 Å². The van der Waals surface area contributed by atoms with Gasteiger partial charge in [-0.15, -0.1) is 0 Å². The van der Waals surface area contributed by atoms with Crippen LogP contribution in [0.2, 0.25) is 0 Å². The van der Waals surface area contributed by atoms with Crippen molar-refractivity contribution >= 4 is 16.3 Å². The van der Waals surface area contributed by atoms with Gasteiger partial charge in [-0.2, -0.15) is 0 Å². The van der Waals surface area contributed by atoms with E-state index in [1.165, 1.54) is 28.6 Å². The van der Waals surface area contributed by atoms with Crippen LogP contribution in [0.1, 0.15) is 21.5 Å². The number of aryl methyl sites for hydroxylation is 1. The molecule has 0 saturated heterocycles. The number of nitrogens with zero attached hydrogens (tertiary/aromatic N) is 2. The summed E-state index contributed by atoms with van der Waals surface area (Å²) < 4.78 is 27.3. The first-order valence-corrected chi connectivity index (χ1v) is 9.00. The Balaban J connectivity index is 2.03. The fourth-order valence-corrected chi connectivity index (χ4v) is 4.59. The molecule has 120 valence electrons. The van der Waals surface area contributed by atoms with Gasteiger partial charge in [-0.3, -0.25) is 9.78 Å². The zero-order valence-corrected chi connectivity index (χ0v) is 13.5. The van der Waals surface area contributed by atoms with Crippen molar-refractivity contribution in [2.45, 2.75) is 17.7 Å². The molecular weight excluding hydrogens is 324 g/mol. The lowest BCUT2D eigenvalue weighted by molar-refractivity contribution is 0.112. The number of rotatable bonds is 3. The summed E-state index contributed by atoms with van der Waals surface area (Å²) in [4.78, 5) is 15.4. The normalized spacial score (nSPS) is 13.2. The molecule has 0 radical (unpaired) electrons. The smallest absolute Gasteiger partial charge is 0.269 e. The summed E-state index contributed by atoms with van der Waals surface area (Å²) in [5, 5.41) is 0. The van der Waals surface area contributed by atoms with Gasteiger partial charge in [-0.25, -0.2) is 12.4 Å². The lowest BCUT2D eigenvalue weighted by Gasteiger charge is -2.19.